The minimum atomic E-state index is -3.88. The second-order valence-electron chi connectivity index (χ2n) is 5.71. The number of hydrogen-bond acceptors (Lipinski definition) is 4. The third-order valence-electron chi connectivity index (χ3n) is 4.36. The summed E-state index contributed by atoms with van der Waals surface area (Å²) in [6.07, 6.45) is 2.86. The van der Waals surface area contributed by atoms with Crippen molar-refractivity contribution in [3.63, 3.8) is 0 Å². The summed E-state index contributed by atoms with van der Waals surface area (Å²) in [5.41, 5.74) is 5.68. The number of halogens is 1. The SMILES string of the molecule is Nc1cccc(F)c1S(=O)(=O)N1CCCN2CCCC2C1. The molecule has 3 rings (SSSR count). The number of fused-ring (bicyclic) bond motifs is 1. The van der Waals surface area contributed by atoms with Gasteiger partial charge in [0.25, 0.3) is 0 Å². The van der Waals surface area contributed by atoms with Gasteiger partial charge in [-0.05, 0) is 44.5 Å². The minimum absolute atomic E-state index is 0.0254. The van der Waals surface area contributed by atoms with Gasteiger partial charge >= 0.3 is 0 Å². The molecule has 7 heteroatoms. The van der Waals surface area contributed by atoms with E-state index in [9.17, 15) is 12.8 Å². The maximum absolute atomic E-state index is 14.0. The molecule has 2 heterocycles. The maximum atomic E-state index is 14.0. The van der Waals surface area contributed by atoms with E-state index in [2.05, 4.69) is 4.90 Å². The fourth-order valence-corrected chi connectivity index (χ4v) is 4.99. The van der Waals surface area contributed by atoms with Crippen LogP contribution in [0.5, 0.6) is 0 Å². The Morgan fingerprint density at radius 3 is 2.71 bits per heavy atom. The Balaban J connectivity index is 1.94. The van der Waals surface area contributed by atoms with Crippen LogP contribution >= 0.6 is 0 Å². The first-order valence-corrected chi connectivity index (χ1v) is 8.72. The number of sulfonamides is 1. The lowest BCUT2D eigenvalue weighted by Crippen LogP contribution is -2.40. The average molecular weight is 313 g/mol. The molecule has 2 fully saturated rings. The maximum Gasteiger partial charge on any atom is 0.248 e. The van der Waals surface area contributed by atoms with Crippen LogP contribution in [0.1, 0.15) is 19.3 Å². The summed E-state index contributed by atoms with van der Waals surface area (Å²) in [6, 6.07) is 4.24. The van der Waals surface area contributed by atoms with Gasteiger partial charge in [-0.15, -0.1) is 0 Å². The standard InChI is InChI=1S/C14H20FN3O2S/c15-12-5-1-6-13(16)14(12)21(19,20)18-9-3-8-17-7-2-4-11(17)10-18/h1,5-6,11H,2-4,7-10,16H2. The quantitative estimate of drug-likeness (QED) is 0.835. The molecule has 0 spiro atoms. The van der Waals surface area contributed by atoms with Crippen LogP contribution in [0, 0.1) is 5.82 Å². The van der Waals surface area contributed by atoms with Crippen molar-refractivity contribution in [1.29, 1.82) is 0 Å². The van der Waals surface area contributed by atoms with Crippen molar-refractivity contribution in [2.24, 2.45) is 0 Å². The van der Waals surface area contributed by atoms with Crippen molar-refractivity contribution in [2.75, 3.05) is 31.9 Å². The van der Waals surface area contributed by atoms with Crippen LogP contribution < -0.4 is 5.73 Å². The van der Waals surface area contributed by atoms with Gasteiger partial charge in [0.05, 0.1) is 5.69 Å². The molecular formula is C14H20FN3O2S. The van der Waals surface area contributed by atoms with Crippen LogP contribution in [0.3, 0.4) is 0 Å². The highest BCUT2D eigenvalue weighted by atomic mass is 32.2. The Kier molecular flexibility index (Phi) is 3.90. The lowest BCUT2D eigenvalue weighted by atomic mass is 10.2. The fraction of sp³-hybridized carbons (Fsp3) is 0.571. The van der Waals surface area contributed by atoms with E-state index in [0.29, 0.717) is 13.1 Å². The summed E-state index contributed by atoms with van der Waals surface area (Å²) in [7, 11) is -3.88. The first-order chi connectivity index (χ1) is 10.00. The van der Waals surface area contributed by atoms with Crippen molar-refractivity contribution < 1.29 is 12.8 Å². The number of hydrogen-bond donors (Lipinski definition) is 1. The molecule has 2 aliphatic heterocycles. The summed E-state index contributed by atoms with van der Waals surface area (Å²) in [6.45, 7) is 2.78. The Bertz CT molecular complexity index is 615. The van der Waals surface area contributed by atoms with E-state index in [4.69, 9.17) is 5.73 Å². The highest BCUT2D eigenvalue weighted by molar-refractivity contribution is 7.89. The minimum Gasteiger partial charge on any atom is -0.398 e. The van der Waals surface area contributed by atoms with E-state index < -0.39 is 15.8 Å². The average Bonchev–Trinajstić information content (AvgIpc) is 2.75. The third kappa shape index (κ3) is 2.65. The van der Waals surface area contributed by atoms with Gasteiger partial charge in [0.1, 0.15) is 10.7 Å². The molecule has 0 saturated carbocycles. The molecule has 2 saturated heterocycles. The van der Waals surface area contributed by atoms with Gasteiger partial charge in [-0.25, -0.2) is 12.8 Å². The molecule has 0 aromatic heterocycles. The molecule has 0 bridgehead atoms. The molecule has 0 amide bonds. The first-order valence-electron chi connectivity index (χ1n) is 7.28. The van der Waals surface area contributed by atoms with Gasteiger partial charge in [-0.1, -0.05) is 6.07 Å². The molecule has 1 aromatic carbocycles. The number of nitrogens with two attached hydrogens (primary N) is 1. The zero-order valence-electron chi connectivity index (χ0n) is 11.8. The molecule has 5 nitrogen and oxygen atoms in total. The van der Waals surface area contributed by atoms with E-state index in [1.807, 2.05) is 0 Å². The summed E-state index contributed by atoms with van der Waals surface area (Å²) in [4.78, 5) is 1.96. The number of nitrogens with zero attached hydrogens (tertiary/aromatic N) is 2. The highest BCUT2D eigenvalue weighted by Crippen LogP contribution is 2.29. The van der Waals surface area contributed by atoms with E-state index in [0.717, 1.165) is 38.4 Å². The zero-order chi connectivity index (χ0) is 15.0. The smallest absolute Gasteiger partial charge is 0.248 e. The van der Waals surface area contributed by atoms with Crippen LogP contribution in [0.25, 0.3) is 0 Å². The van der Waals surface area contributed by atoms with Crippen molar-refractivity contribution in [3.05, 3.63) is 24.0 Å². The van der Waals surface area contributed by atoms with Crippen molar-refractivity contribution in [1.82, 2.24) is 9.21 Å². The molecule has 116 valence electrons. The van der Waals surface area contributed by atoms with Crippen LogP contribution in [0.15, 0.2) is 23.1 Å². The Hall–Kier alpha value is -1.18. The molecule has 2 N–H and O–H groups in total. The van der Waals surface area contributed by atoms with Crippen LogP contribution in [-0.2, 0) is 10.0 Å². The van der Waals surface area contributed by atoms with Crippen molar-refractivity contribution in [2.45, 2.75) is 30.2 Å². The number of anilines is 1. The summed E-state index contributed by atoms with van der Waals surface area (Å²) in [5, 5.41) is 0. The van der Waals surface area contributed by atoms with Crippen LogP contribution in [0.4, 0.5) is 10.1 Å². The summed E-state index contributed by atoms with van der Waals surface area (Å²) >= 11 is 0. The molecule has 0 aliphatic carbocycles. The number of benzene rings is 1. The van der Waals surface area contributed by atoms with E-state index in [1.165, 1.54) is 16.4 Å². The topological polar surface area (TPSA) is 66.6 Å². The monoisotopic (exact) mass is 313 g/mol. The fourth-order valence-electron chi connectivity index (χ4n) is 3.32. The molecule has 1 aromatic rings. The molecular weight excluding hydrogens is 293 g/mol. The predicted octanol–water partition coefficient (Wildman–Crippen LogP) is 1.27. The van der Waals surface area contributed by atoms with Gasteiger partial charge in [0.15, 0.2) is 0 Å². The van der Waals surface area contributed by atoms with E-state index in [-0.39, 0.29) is 16.6 Å². The van der Waals surface area contributed by atoms with Gasteiger partial charge in [-0.2, -0.15) is 4.31 Å². The van der Waals surface area contributed by atoms with Crippen LogP contribution in [-0.4, -0.2) is 49.8 Å². The number of rotatable bonds is 2. The zero-order valence-corrected chi connectivity index (χ0v) is 12.7. The first kappa shape index (κ1) is 14.7. The van der Waals surface area contributed by atoms with Crippen molar-refractivity contribution in [3.8, 4) is 0 Å². The van der Waals surface area contributed by atoms with Gasteiger partial charge in [0.2, 0.25) is 10.0 Å². The highest BCUT2D eigenvalue weighted by Gasteiger charge is 2.36. The molecule has 0 radical (unpaired) electrons. The molecule has 1 atom stereocenters. The van der Waals surface area contributed by atoms with Crippen molar-refractivity contribution >= 4 is 15.7 Å². The van der Waals surface area contributed by atoms with Gasteiger partial charge < -0.3 is 5.73 Å². The predicted molar refractivity (Wildman–Crippen MR) is 78.8 cm³/mol. The molecule has 1 unspecified atom stereocenters. The summed E-state index contributed by atoms with van der Waals surface area (Å²) in [5.74, 6) is -0.775. The van der Waals surface area contributed by atoms with E-state index in [1.54, 1.807) is 0 Å². The number of nitrogen functional groups attached to an aromatic ring is 1. The Labute approximate surface area is 124 Å². The Morgan fingerprint density at radius 2 is 1.95 bits per heavy atom. The molecule has 2 aliphatic rings. The largest absolute Gasteiger partial charge is 0.398 e. The second-order valence-corrected chi connectivity index (χ2v) is 7.58. The lowest BCUT2D eigenvalue weighted by molar-refractivity contribution is 0.257. The third-order valence-corrected chi connectivity index (χ3v) is 6.32. The summed E-state index contributed by atoms with van der Waals surface area (Å²) < 4.78 is 40.9. The van der Waals surface area contributed by atoms with Crippen LogP contribution in [0.2, 0.25) is 0 Å². The van der Waals surface area contributed by atoms with Gasteiger partial charge in [-0.3, -0.25) is 4.90 Å². The Morgan fingerprint density at radius 1 is 1.19 bits per heavy atom. The normalized spacial score (nSPS) is 24.7. The lowest BCUT2D eigenvalue weighted by Gasteiger charge is -2.25. The second kappa shape index (κ2) is 5.55. The molecule has 21 heavy (non-hydrogen) atoms. The van der Waals surface area contributed by atoms with Gasteiger partial charge in [0, 0.05) is 19.1 Å². The van der Waals surface area contributed by atoms with E-state index >= 15 is 0 Å².